The zero-order valence-corrected chi connectivity index (χ0v) is 29.5. The van der Waals surface area contributed by atoms with Gasteiger partial charge < -0.3 is 19.1 Å². The van der Waals surface area contributed by atoms with Crippen LogP contribution < -0.4 is 9.47 Å². The number of tetrazole rings is 1. The molecule has 0 radical (unpaired) electrons. The van der Waals surface area contributed by atoms with Gasteiger partial charge in [-0.25, -0.2) is 0 Å². The van der Waals surface area contributed by atoms with Crippen LogP contribution in [0.5, 0.6) is 11.5 Å². The molecule has 1 amide bonds. The van der Waals surface area contributed by atoms with E-state index in [4.69, 9.17) is 14.2 Å². The minimum Gasteiger partial charge on any atom is -0.496 e. The van der Waals surface area contributed by atoms with Crippen LogP contribution in [0.2, 0.25) is 0 Å². The molecule has 3 heterocycles. The number of carbonyl (C=O) groups excluding carboxylic acids is 1. The predicted octanol–water partition coefficient (Wildman–Crippen LogP) is 4.72. The molecule has 2 atom stereocenters. The summed E-state index contributed by atoms with van der Waals surface area (Å²) in [5, 5.41) is 10.2. The van der Waals surface area contributed by atoms with E-state index in [1.807, 2.05) is 41.3 Å². The standard InChI is InChI=1S/C34H38F3N7O4.2ClH/c1-46-22-30(45)42-16-17-43-25(19-42)18-41(21-28(43)31(23-10-6-4-7-11-23)24-12-8-5-9-13-24)20-26-29(47-2)15-14-27(32(26)48-3)44-33(34(35,36)37)38-39-40-44;;/h4-15,25,28,31H,16-22H2,1-3H3;2*1H/t25-,28+;;/m1../s1. The number of rotatable bonds is 10. The van der Waals surface area contributed by atoms with Crippen molar-refractivity contribution in [2.45, 2.75) is 30.7 Å². The number of benzene rings is 3. The van der Waals surface area contributed by atoms with Gasteiger partial charge in [-0.3, -0.25) is 14.6 Å². The van der Waals surface area contributed by atoms with Gasteiger partial charge in [0.25, 0.3) is 5.82 Å². The lowest BCUT2D eigenvalue weighted by molar-refractivity contribution is -0.146. The molecule has 2 fully saturated rings. The van der Waals surface area contributed by atoms with Crippen molar-refractivity contribution in [2.75, 3.05) is 60.7 Å². The number of methoxy groups -OCH3 is 3. The Hall–Kier alpha value is -3.95. The highest BCUT2D eigenvalue weighted by atomic mass is 35.5. The fourth-order valence-electron chi connectivity index (χ4n) is 7.12. The Morgan fingerprint density at radius 1 is 0.880 bits per heavy atom. The van der Waals surface area contributed by atoms with Gasteiger partial charge in [-0.2, -0.15) is 17.9 Å². The van der Waals surface area contributed by atoms with E-state index in [0.717, 1.165) is 0 Å². The van der Waals surface area contributed by atoms with Crippen LogP contribution in [0, 0.1) is 0 Å². The first-order chi connectivity index (χ1) is 23.2. The largest absolute Gasteiger partial charge is 0.496 e. The summed E-state index contributed by atoms with van der Waals surface area (Å²) in [6, 6.07) is 23.8. The lowest BCUT2D eigenvalue weighted by atomic mass is 9.81. The first kappa shape index (κ1) is 38.8. The molecule has 0 spiro atoms. The number of fused-ring (bicyclic) bond motifs is 1. The topological polar surface area (TPSA) is 98.1 Å². The molecule has 0 aliphatic carbocycles. The van der Waals surface area contributed by atoms with Gasteiger partial charge in [-0.15, -0.1) is 29.9 Å². The molecule has 0 saturated carbocycles. The summed E-state index contributed by atoms with van der Waals surface area (Å²) in [4.78, 5) is 19.6. The Morgan fingerprint density at radius 3 is 2.12 bits per heavy atom. The molecule has 2 aliphatic heterocycles. The van der Waals surface area contributed by atoms with E-state index >= 15 is 0 Å². The molecular weight excluding hydrogens is 698 g/mol. The molecule has 0 unspecified atom stereocenters. The number of ether oxygens (including phenoxy) is 3. The maximum atomic E-state index is 13.8. The Kier molecular flexibility index (Phi) is 13.1. The minimum atomic E-state index is -4.78. The van der Waals surface area contributed by atoms with Crippen LogP contribution >= 0.6 is 24.8 Å². The Balaban J connectivity index is 0.00000281. The fourth-order valence-corrected chi connectivity index (χ4v) is 7.12. The van der Waals surface area contributed by atoms with Crippen molar-refractivity contribution in [3.63, 3.8) is 0 Å². The van der Waals surface area contributed by atoms with Crippen LogP contribution in [0.15, 0.2) is 72.8 Å². The quantitative estimate of drug-likeness (QED) is 0.229. The third-order valence-electron chi connectivity index (χ3n) is 9.14. The zero-order chi connectivity index (χ0) is 33.8. The van der Waals surface area contributed by atoms with Crippen LogP contribution in [0.4, 0.5) is 13.2 Å². The van der Waals surface area contributed by atoms with Crippen LogP contribution in [0.3, 0.4) is 0 Å². The van der Waals surface area contributed by atoms with Crippen LogP contribution in [-0.4, -0.2) is 114 Å². The summed E-state index contributed by atoms with van der Waals surface area (Å²) in [6.07, 6.45) is -4.78. The number of aromatic nitrogens is 4. The second-order valence-electron chi connectivity index (χ2n) is 11.9. The molecule has 11 nitrogen and oxygen atoms in total. The van der Waals surface area contributed by atoms with E-state index in [0.29, 0.717) is 55.3 Å². The lowest BCUT2D eigenvalue weighted by Gasteiger charge is -2.53. The Morgan fingerprint density at radius 2 is 1.54 bits per heavy atom. The van der Waals surface area contributed by atoms with Crippen molar-refractivity contribution < 1.29 is 32.2 Å². The predicted molar refractivity (Wildman–Crippen MR) is 184 cm³/mol. The van der Waals surface area contributed by atoms with E-state index < -0.39 is 12.0 Å². The molecular formula is C34H40Cl2F3N7O4. The molecule has 1 aromatic heterocycles. The molecule has 16 heteroatoms. The third-order valence-corrected chi connectivity index (χ3v) is 9.14. The maximum absolute atomic E-state index is 13.8. The van der Waals surface area contributed by atoms with Gasteiger partial charge in [0.1, 0.15) is 18.0 Å². The molecule has 3 aromatic carbocycles. The summed E-state index contributed by atoms with van der Waals surface area (Å²) < 4.78 is 58.8. The fraction of sp³-hybridized carbons (Fsp3) is 0.412. The highest BCUT2D eigenvalue weighted by Gasteiger charge is 2.44. The number of carbonyl (C=O) groups is 1. The number of alkyl halides is 3. The summed E-state index contributed by atoms with van der Waals surface area (Å²) in [5.74, 6) is -0.688. The summed E-state index contributed by atoms with van der Waals surface area (Å²) in [5.41, 5.74) is 2.94. The summed E-state index contributed by atoms with van der Waals surface area (Å²) >= 11 is 0. The maximum Gasteiger partial charge on any atom is 0.453 e. The summed E-state index contributed by atoms with van der Waals surface area (Å²) in [6.45, 7) is 3.32. The van der Waals surface area contributed by atoms with E-state index in [9.17, 15) is 18.0 Å². The van der Waals surface area contributed by atoms with Crippen molar-refractivity contribution in [3.8, 4) is 17.2 Å². The van der Waals surface area contributed by atoms with E-state index in [-0.39, 0.29) is 66.8 Å². The molecule has 270 valence electrons. The molecule has 6 rings (SSSR count). The van der Waals surface area contributed by atoms with Gasteiger partial charge in [0.2, 0.25) is 5.91 Å². The van der Waals surface area contributed by atoms with Crippen LogP contribution in [0.25, 0.3) is 5.69 Å². The highest BCUT2D eigenvalue weighted by molar-refractivity contribution is 5.85. The molecule has 2 saturated heterocycles. The van der Waals surface area contributed by atoms with Gasteiger partial charge in [0.05, 0.1) is 19.8 Å². The average Bonchev–Trinajstić information content (AvgIpc) is 3.60. The summed E-state index contributed by atoms with van der Waals surface area (Å²) in [7, 11) is 4.43. The zero-order valence-electron chi connectivity index (χ0n) is 27.8. The number of piperazine rings is 2. The first-order valence-corrected chi connectivity index (χ1v) is 15.7. The van der Waals surface area contributed by atoms with Crippen LogP contribution in [0.1, 0.15) is 28.4 Å². The van der Waals surface area contributed by atoms with Crippen molar-refractivity contribution >= 4 is 30.7 Å². The number of amides is 1. The normalized spacial score (nSPS) is 18.2. The van der Waals surface area contributed by atoms with Gasteiger partial charge in [0, 0.05) is 64.4 Å². The lowest BCUT2D eigenvalue weighted by Crippen LogP contribution is -2.67. The molecule has 2 aliphatic rings. The number of halogens is 5. The first-order valence-electron chi connectivity index (χ1n) is 15.7. The van der Waals surface area contributed by atoms with Gasteiger partial charge in [-0.05, 0) is 33.7 Å². The molecule has 0 bridgehead atoms. The number of nitrogens with zero attached hydrogens (tertiary/aromatic N) is 7. The number of hydrogen-bond donors (Lipinski definition) is 0. The van der Waals surface area contributed by atoms with Crippen LogP contribution in [-0.2, 0) is 22.3 Å². The van der Waals surface area contributed by atoms with Crippen molar-refractivity contribution in [1.29, 1.82) is 0 Å². The highest BCUT2D eigenvalue weighted by Crippen LogP contribution is 2.40. The van der Waals surface area contributed by atoms with Crippen molar-refractivity contribution in [2.24, 2.45) is 0 Å². The van der Waals surface area contributed by atoms with E-state index in [1.165, 1.54) is 38.5 Å². The SMILES string of the molecule is COCC(=O)N1CCN2[C@H](CN(Cc3c(OC)ccc(-n4nnnc4C(F)(F)F)c3OC)C[C@H]2C(c2ccccc2)c2ccccc2)C1.Cl.Cl. The van der Waals surface area contributed by atoms with E-state index in [1.54, 1.807) is 6.07 Å². The molecule has 4 aromatic rings. The third kappa shape index (κ3) is 8.00. The second-order valence-corrected chi connectivity index (χ2v) is 11.9. The smallest absolute Gasteiger partial charge is 0.453 e. The van der Waals surface area contributed by atoms with Gasteiger partial charge in [0.15, 0.2) is 5.75 Å². The Bertz CT molecular complexity index is 1660. The molecule has 0 N–H and O–H groups in total. The van der Waals surface area contributed by atoms with Gasteiger partial charge >= 0.3 is 6.18 Å². The second kappa shape index (κ2) is 16.8. The van der Waals surface area contributed by atoms with Gasteiger partial charge in [-0.1, -0.05) is 60.7 Å². The van der Waals surface area contributed by atoms with Crippen molar-refractivity contribution in [3.05, 3.63) is 95.3 Å². The molecule has 50 heavy (non-hydrogen) atoms. The minimum absolute atomic E-state index is 0. The van der Waals surface area contributed by atoms with E-state index in [2.05, 4.69) is 49.6 Å². The monoisotopic (exact) mass is 737 g/mol. The Labute approximate surface area is 301 Å². The number of hydrogen-bond acceptors (Lipinski definition) is 9. The average molecular weight is 739 g/mol. The van der Waals surface area contributed by atoms with Crippen molar-refractivity contribution in [1.82, 2.24) is 34.9 Å².